The van der Waals surface area contributed by atoms with E-state index in [2.05, 4.69) is 40.3 Å². The molecule has 0 saturated carbocycles. The minimum Gasteiger partial charge on any atom is -0.351 e. The summed E-state index contributed by atoms with van der Waals surface area (Å²) in [6.45, 7) is 2.66. The van der Waals surface area contributed by atoms with E-state index in [-0.39, 0.29) is 5.91 Å². The van der Waals surface area contributed by atoms with Crippen LogP contribution in [0, 0.1) is 6.92 Å². The van der Waals surface area contributed by atoms with Crippen LogP contribution >= 0.6 is 27.7 Å². The Balaban J connectivity index is 1.73. The maximum atomic E-state index is 11.9. The highest BCUT2D eigenvalue weighted by molar-refractivity contribution is 9.10. The van der Waals surface area contributed by atoms with Crippen molar-refractivity contribution in [3.63, 3.8) is 0 Å². The fraction of sp³-hybridized carbons (Fsp3) is 0.235. The first-order valence-electron chi connectivity index (χ1n) is 6.79. The Kier molecular flexibility index (Phi) is 6.33. The van der Waals surface area contributed by atoms with Crippen LogP contribution in [-0.2, 0) is 17.1 Å². The van der Waals surface area contributed by atoms with E-state index in [1.807, 2.05) is 36.4 Å². The van der Waals surface area contributed by atoms with Gasteiger partial charge in [0.2, 0.25) is 5.91 Å². The lowest BCUT2D eigenvalue weighted by molar-refractivity contribution is -0.118. The Morgan fingerprint density at radius 1 is 1.10 bits per heavy atom. The zero-order chi connectivity index (χ0) is 15.1. The molecule has 4 heteroatoms. The first kappa shape index (κ1) is 16.1. The van der Waals surface area contributed by atoms with Crippen LogP contribution in [-0.4, -0.2) is 11.7 Å². The average Bonchev–Trinajstić information content (AvgIpc) is 2.48. The van der Waals surface area contributed by atoms with Crippen LogP contribution in [0.25, 0.3) is 0 Å². The summed E-state index contributed by atoms with van der Waals surface area (Å²) in [6.07, 6.45) is 0. The molecule has 2 rings (SSSR count). The standard InChI is InChI=1S/C17H18BrNOS/c1-13-6-2-3-7-14(13)10-19-17(20)12-21-11-15-8-4-5-9-16(15)18/h2-9H,10-12H2,1H3,(H,19,20). The van der Waals surface area contributed by atoms with Gasteiger partial charge in [-0.05, 0) is 29.7 Å². The highest BCUT2D eigenvalue weighted by atomic mass is 79.9. The minimum atomic E-state index is 0.0790. The Morgan fingerprint density at radius 2 is 1.76 bits per heavy atom. The van der Waals surface area contributed by atoms with Gasteiger partial charge < -0.3 is 5.32 Å². The predicted octanol–water partition coefficient (Wildman–Crippen LogP) is 4.31. The second-order valence-corrected chi connectivity index (χ2v) is 6.63. The van der Waals surface area contributed by atoms with Crippen molar-refractivity contribution in [3.8, 4) is 0 Å². The van der Waals surface area contributed by atoms with Crippen LogP contribution in [0.1, 0.15) is 16.7 Å². The fourth-order valence-corrected chi connectivity index (χ4v) is 3.39. The molecule has 0 aliphatic carbocycles. The molecule has 0 aliphatic heterocycles. The molecule has 0 atom stereocenters. The first-order chi connectivity index (χ1) is 10.2. The van der Waals surface area contributed by atoms with Gasteiger partial charge in [0.15, 0.2) is 0 Å². The Hall–Kier alpha value is -1.26. The van der Waals surface area contributed by atoms with Crippen LogP contribution in [0.5, 0.6) is 0 Å². The molecule has 21 heavy (non-hydrogen) atoms. The van der Waals surface area contributed by atoms with Crippen LogP contribution in [0.15, 0.2) is 53.0 Å². The quantitative estimate of drug-likeness (QED) is 0.828. The highest BCUT2D eigenvalue weighted by Crippen LogP contribution is 2.21. The molecule has 0 aliphatic rings. The summed E-state index contributed by atoms with van der Waals surface area (Å²) < 4.78 is 1.10. The second kappa shape index (κ2) is 8.25. The number of carbonyl (C=O) groups is 1. The number of amides is 1. The van der Waals surface area contributed by atoms with Gasteiger partial charge >= 0.3 is 0 Å². The topological polar surface area (TPSA) is 29.1 Å². The lowest BCUT2D eigenvalue weighted by Crippen LogP contribution is -2.25. The van der Waals surface area contributed by atoms with Gasteiger partial charge in [-0.3, -0.25) is 4.79 Å². The molecule has 1 amide bonds. The molecule has 0 unspecified atom stereocenters. The summed E-state index contributed by atoms with van der Waals surface area (Å²) in [5.74, 6) is 1.39. The van der Waals surface area contributed by atoms with Crippen molar-refractivity contribution in [2.75, 3.05) is 5.75 Å². The van der Waals surface area contributed by atoms with Crippen LogP contribution in [0.4, 0.5) is 0 Å². The number of hydrogen-bond donors (Lipinski definition) is 1. The number of rotatable bonds is 6. The molecule has 0 saturated heterocycles. The monoisotopic (exact) mass is 363 g/mol. The summed E-state index contributed by atoms with van der Waals surface area (Å²) in [4.78, 5) is 11.9. The number of benzene rings is 2. The number of aryl methyl sites for hydroxylation is 1. The molecule has 2 aromatic carbocycles. The second-order valence-electron chi connectivity index (χ2n) is 4.79. The maximum absolute atomic E-state index is 11.9. The molecule has 2 nitrogen and oxygen atoms in total. The number of halogens is 1. The molecule has 0 bridgehead atoms. The summed E-state index contributed by atoms with van der Waals surface area (Å²) in [5, 5.41) is 2.97. The number of thioether (sulfide) groups is 1. The van der Waals surface area contributed by atoms with Crippen LogP contribution in [0.3, 0.4) is 0 Å². The van der Waals surface area contributed by atoms with E-state index in [0.29, 0.717) is 12.3 Å². The zero-order valence-electron chi connectivity index (χ0n) is 11.9. The summed E-state index contributed by atoms with van der Waals surface area (Å²) in [7, 11) is 0. The van der Waals surface area contributed by atoms with Crippen molar-refractivity contribution in [1.29, 1.82) is 0 Å². The van der Waals surface area contributed by atoms with E-state index in [1.165, 1.54) is 16.7 Å². The summed E-state index contributed by atoms with van der Waals surface area (Å²) in [5.41, 5.74) is 3.59. The van der Waals surface area contributed by atoms with Gasteiger partial charge in [-0.15, -0.1) is 11.8 Å². The van der Waals surface area contributed by atoms with Crippen molar-refractivity contribution < 1.29 is 4.79 Å². The van der Waals surface area contributed by atoms with Crippen LogP contribution < -0.4 is 5.32 Å². The van der Waals surface area contributed by atoms with Gasteiger partial charge in [-0.25, -0.2) is 0 Å². The third-order valence-electron chi connectivity index (χ3n) is 3.19. The Labute approximate surface area is 138 Å². The van der Waals surface area contributed by atoms with E-state index >= 15 is 0 Å². The van der Waals surface area contributed by atoms with Crippen molar-refractivity contribution >= 4 is 33.6 Å². The van der Waals surface area contributed by atoms with Gasteiger partial charge in [0.25, 0.3) is 0 Å². The molecule has 0 fully saturated rings. The minimum absolute atomic E-state index is 0.0790. The zero-order valence-corrected chi connectivity index (χ0v) is 14.3. The van der Waals surface area contributed by atoms with Gasteiger partial charge in [0, 0.05) is 16.8 Å². The molecule has 0 radical (unpaired) electrons. The van der Waals surface area contributed by atoms with Crippen molar-refractivity contribution in [2.45, 2.75) is 19.2 Å². The average molecular weight is 364 g/mol. The Morgan fingerprint density at radius 3 is 2.48 bits per heavy atom. The molecule has 0 heterocycles. The molecule has 2 aromatic rings. The fourth-order valence-electron chi connectivity index (χ4n) is 1.92. The van der Waals surface area contributed by atoms with Crippen molar-refractivity contribution in [1.82, 2.24) is 5.32 Å². The number of hydrogen-bond acceptors (Lipinski definition) is 2. The largest absolute Gasteiger partial charge is 0.351 e. The van der Waals surface area contributed by atoms with Crippen molar-refractivity contribution in [2.24, 2.45) is 0 Å². The first-order valence-corrected chi connectivity index (χ1v) is 8.74. The predicted molar refractivity (Wildman–Crippen MR) is 93.3 cm³/mol. The van der Waals surface area contributed by atoms with Gasteiger partial charge in [-0.1, -0.05) is 58.4 Å². The lowest BCUT2D eigenvalue weighted by Gasteiger charge is -2.08. The van der Waals surface area contributed by atoms with E-state index < -0.39 is 0 Å². The summed E-state index contributed by atoms with van der Waals surface area (Å²) in [6, 6.07) is 16.2. The van der Waals surface area contributed by atoms with Crippen molar-refractivity contribution in [3.05, 3.63) is 69.7 Å². The molecule has 110 valence electrons. The normalized spacial score (nSPS) is 10.4. The van der Waals surface area contributed by atoms with E-state index in [4.69, 9.17) is 0 Å². The third-order valence-corrected chi connectivity index (χ3v) is 4.94. The van der Waals surface area contributed by atoms with Gasteiger partial charge in [-0.2, -0.15) is 0 Å². The summed E-state index contributed by atoms with van der Waals surface area (Å²) >= 11 is 5.14. The molecule has 0 spiro atoms. The van der Waals surface area contributed by atoms with Crippen LogP contribution in [0.2, 0.25) is 0 Å². The number of carbonyl (C=O) groups excluding carboxylic acids is 1. The van der Waals surface area contributed by atoms with E-state index in [1.54, 1.807) is 11.8 Å². The van der Waals surface area contributed by atoms with Gasteiger partial charge in [0.1, 0.15) is 0 Å². The molecule has 1 N–H and O–H groups in total. The number of nitrogens with one attached hydrogen (secondary N) is 1. The van der Waals surface area contributed by atoms with E-state index in [9.17, 15) is 4.79 Å². The molecular formula is C17H18BrNOS. The van der Waals surface area contributed by atoms with E-state index in [0.717, 1.165) is 10.2 Å². The smallest absolute Gasteiger partial charge is 0.230 e. The lowest BCUT2D eigenvalue weighted by atomic mass is 10.1. The maximum Gasteiger partial charge on any atom is 0.230 e. The highest BCUT2D eigenvalue weighted by Gasteiger charge is 2.04. The van der Waals surface area contributed by atoms with Gasteiger partial charge in [0.05, 0.1) is 5.75 Å². The Bertz CT molecular complexity index is 615. The SMILES string of the molecule is Cc1ccccc1CNC(=O)CSCc1ccccc1Br. The third kappa shape index (κ3) is 5.21. The molecular weight excluding hydrogens is 346 g/mol. The molecule has 0 aromatic heterocycles.